The van der Waals surface area contributed by atoms with E-state index in [0.717, 1.165) is 5.56 Å². The number of rotatable bonds is 4. The Labute approximate surface area is 116 Å². The number of likely N-dealkylation sites (N-methyl/N-ethyl adjacent to an activating group) is 1. The van der Waals surface area contributed by atoms with Crippen LogP contribution in [0.25, 0.3) is 0 Å². The quantitative estimate of drug-likeness (QED) is 0.889. The van der Waals surface area contributed by atoms with Crippen molar-refractivity contribution in [1.29, 1.82) is 0 Å². The van der Waals surface area contributed by atoms with Crippen LogP contribution in [-0.2, 0) is 6.42 Å². The molecule has 0 saturated heterocycles. The smallest absolute Gasteiger partial charge is 0.142 e. The molecule has 1 unspecified atom stereocenters. The highest BCUT2D eigenvalue weighted by Crippen LogP contribution is 2.27. The maximum atomic E-state index is 13.5. The Morgan fingerprint density at radius 1 is 1.11 bits per heavy atom. The summed E-state index contributed by atoms with van der Waals surface area (Å²) in [5, 5.41) is 3.23. The van der Waals surface area contributed by atoms with E-state index in [1.807, 2.05) is 0 Å². The Morgan fingerprint density at radius 3 is 2.42 bits per heavy atom. The van der Waals surface area contributed by atoms with Gasteiger partial charge in [0, 0.05) is 6.04 Å². The zero-order chi connectivity index (χ0) is 13.8. The largest absolute Gasteiger partial charge is 0.313 e. The second kappa shape index (κ2) is 6.13. The van der Waals surface area contributed by atoms with Crippen LogP contribution >= 0.6 is 11.6 Å². The highest BCUT2D eigenvalue weighted by atomic mass is 35.5. The second-order valence-electron chi connectivity index (χ2n) is 4.31. The first-order chi connectivity index (χ1) is 9.11. The maximum absolute atomic E-state index is 13.5. The minimum atomic E-state index is -0.432. The molecule has 0 aromatic heterocycles. The lowest BCUT2D eigenvalue weighted by Gasteiger charge is -2.18. The molecule has 0 aliphatic heterocycles. The van der Waals surface area contributed by atoms with Crippen molar-refractivity contribution in [2.75, 3.05) is 7.05 Å². The SMILES string of the molecule is CNC(Cc1ccc(F)cc1)c1cccc(F)c1Cl. The first-order valence-electron chi connectivity index (χ1n) is 5.97. The van der Waals surface area contributed by atoms with Gasteiger partial charge in [-0.2, -0.15) is 0 Å². The van der Waals surface area contributed by atoms with Gasteiger partial charge < -0.3 is 5.32 Å². The summed E-state index contributed by atoms with van der Waals surface area (Å²) < 4.78 is 26.3. The van der Waals surface area contributed by atoms with E-state index in [2.05, 4.69) is 5.32 Å². The van der Waals surface area contributed by atoms with E-state index in [9.17, 15) is 8.78 Å². The summed E-state index contributed by atoms with van der Waals surface area (Å²) >= 11 is 5.98. The molecule has 1 nitrogen and oxygen atoms in total. The van der Waals surface area contributed by atoms with E-state index in [0.29, 0.717) is 12.0 Å². The normalized spacial score (nSPS) is 12.4. The van der Waals surface area contributed by atoms with Crippen LogP contribution in [0.5, 0.6) is 0 Å². The van der Waals surface area contributed by atoms with Crippen LogP contribution in [0.3, 0.4) is 0 Å². The lowest BCUT2D eigenvalue weighted by atomic mass is 9.99. The fourth-order valence-corrected chi connectivity index (χ4v) is 2.27. The average molecular weight is 282 g/mol. The van der Waals surface area contributed by atoms with E-state index in [1.54, 1.807) is 31.3 Å². The van der Waals surface area contributed by atoms with Crippen LogP contribution in [0, 0.1) is 11.6 Å². The summed E-state index contributed by atoms with van der Waals surface area (Å²) in [6.07, 6.45) is 0.611. The van der Waals surface area contributed by atoms with E-state index in [1.165, 1.54) is 18.2 Å². The minimum Gasteiger partial charge on any atom is -0.313 e. The second-order valence-corrected chi connectivity index (χ2v) is 4.69. The lowest BCUT2D eigenvalue weighted by molar-refractivity contribution is 0.576. The Morgan fingerprint density at radius 2 is 1.79 bits per heavy atom. The first-order valence-corrected chi connectivity index (χ1v) is 6.35. The molecule has 2 aromatic carbocycles. The Balaban J connectivity index is 2.25. The summed E-state index contributed by atoms with van der Waals surface area (Å²) in [6, 6.07) is 10.9. The van der Waals surface area contributed by atoms with Gasteiger partial charge in [0.1, 0.15) is 11.6 Å². The number of halogens is 3. The van der Waals surface area contributed by atoms with Gasteiger partial charge in [0.05, 0.1) is 5.02 Å². The molecule has 1 N–H and O–H groups in total. The highest BCUT2D eigenvalue weighted by Gasteiger charge is 2.15. The summed E-state index contributed by atoms with van der Waals surface area (Å²) in [5.74, 6) is -0.702. The molecule has 0 bridgehead atoms. The Bertz CT molecular complexity index is 555. The molecule has 0 aliphatic carbocycles. The van der Waals surface area contributed by atoms with Gasteiger partial charge in [0.25, 0.3) is 0 Å². The number of benzene rings is 2. The summed E-state index contributed by atoms with van der Waals surface area (Å²) in [7, 11) is 1.79. The summed E-state index contributed by atoms with van der Waals surface area (Å²) in [6.45, 7) is 0. The molecule has 4 heteroatoms. The van der Waals surface area contributed by atoms with Gasteiger partial charge in [0.15, 0.2) is 0 Å². The van der Waals surface area contributed by atoms with Crippen LogP contribution < -0.4 is 5.32 Å². The molecule has 2 rings (SSSR count). The van der Waals surface area contributed by atoms with Gasteiger partial charge in [-0.15, -0.1) is 0 Å². The fourth-order valence-electron chi connectivity index (χ4n) is 2.01. The zero-order valence-corrected chi connectivity index (χ0v) is 11.2. The molecular formula is C15H14ClF2N. The van der Waals surface area contributed by atoms with Crippen molar-refractivity contribution in [3.05, 3.63) is 70.2 Å². The molecule has 0 saturated carbocycles. The fraction of sp³-hybridized carbons (Fsp3) is 0.200. The lowest BCUT2D eigenvalue weighted by Crippen LogP contribution is -2.19. The van der Waals surface area contributed by atoms with Crippen LogP contribution in [-0.4, -0.2) is 7.05 Å². The van der Waals surface area contributed by atoms with Crippen LogP contribution in [0.15, 0.2) is 42.5 Å². The molecule has 19 heavy (non-hydrogen) atoms. The van der Waals surface area contributed by atoms with Crippen molar-refractivity contribution in [3.63, 3.8) is 0 Å². The molecule has 0 aliphatic rings. The standard InChI is InChI=1S/C15H14ClF2N/c1-19-14(9-10-5-7-11(17)8-6-10)12-3-2-4-13(18)15(12)16/h2-8,14,19H,9H2,1H3. The van der Waals surface area contributed by atoms with Crippen molar-refractivity contribution in [2.24, 2.45) is 0 Å². The average Bonchev–Trinajstić information content (AvgIpc) is 2.42. The molecule has 0 fully saturated rings. The first kappa shape index (κ1) is 14.0. The third-order valence-corrected chi connectivity index (χ3v) is 3.46. The van der Waals surface area contributed by atoms with Crippen molar-refractivity contribution in [2.45, 2.75) is 12.5 Å². The van der Waals surface area contributed by atoms with E-state index >= 15 is 0 Å². The highest BCUT2D eigenvalue weighted by molar-refractivity contribution is 6.31. The minimum absolute atomic E-state index is 0.117. The molecule has 0 amide bonds. The molecule has 0 heterocycles. The van der Waals surface area contributed by atoms with Crippen LogP contribution in [0.2, 0.25) is 5.02 Å². The van der Waals surface area contributed by atoms with Gasteiger partial charge in [-0.3, -0.25) is 0 Å². The maximum Gasteiger partial charge on any atom is 0.142 e. The van der Waals surface area contributed by atoms with Gasteiger partial charge >= 0.3 is 0 Å². The van der Waals surface area contributed by atoms with Gasteiger partial charge in [-0.05, 0) is 42.8 Å². The van der Waals surface area contributed by atoms with Crippen molar-refractivity contribution >= 4 is 11.6 Å². The third kappa shape index (κ3) is 3.31. The van der Waals surface area contributed by atoms with Crippen LogP contribution in [0.4, 0.5) is 8.78 Å². The van der Waals surface area contributed by atoms with Crippen molar-refractivity contribution < 1.29 is 8.78 Å². The third-order valence-electron chi connectivity index (χ3n) is 3.06. The number of hydrogen-bond acceptors (Lipinski definition) is 1. The topological polar surface area (TPSA) is 12.0 Å². The Hall–Kier alpha value is -1.45. The van der Waals surface area contributed by atoms with Crippen molar-refractivity contribution in [1.82, 2.24) is 5.32 Å². The van der Waals surface area contributed by atoms with E-state index in [4.69, 9.17) is 11.6 Å². The van der Waals surface area contributed by atoms with Gasteiger partial charge in [-0.1, -0.05) is 35.9 Å². The molecule has 100 valence electrons. The summed E-state index contributed by atoms with van der Waals surface area (Å²) in [5.41, 5.74) is 1.66. The molecule has 1 atom stereocenters. The number of nitrogens with one attached hydrogen (secondary N) is 1. The Kier molecular flexibility index (Phi) is 4.51. The number of hydrogen-bond donors (Lipinski definition) is 1. The van der Waals surface area contributed by atoms with Gasteiger partial charge in [-0.25, -0.2) is 8.78 Å². The molecule has 2 aromatic rings. The zero-order valence-electron chi connectivity index (χ0n) is 10.5. The van der Waals surface area contributed by atoms with Crippen molar-refractivity contribution in [3.8, 4) is 0 Å². The predicted octanol–water partition coefficient (Wildman–Crippen LogP) is 4.12. The van der Waals surface area contributed by atoms with E-state index in [-0.39, 0.29) is 16.9 Å². The van der Waals surface area contributed by atoms with E-state index < -0.39 is 5.82 Å². The predicted molar refractivity (Wildman–Crippen MR) is 73.3 cm³/mol. The monoisotopic (exact) mass is 281 g/mol. The van der Waals surface area contributed by atoms with Crippen LogP contribution in [0.1, 0.15) is 17.2 Å². The van der Waals surface area contributed by atoms with Gasteiger partial charge in [0.2, 0.25) is 0 Å². The summed E-state index contributed by atoms with van der Waals surface area (Å²) in [4.78, 5) is 0. The molecule has 0 spiro atoms. The molecule has 0 radical (unpaired) electrons. The molecular weight excluding hydrogens is 268 g/mol.